The SMILES string of the molecule is C[C@@H](Sc1nc2ccccc2c(=O)[nH]1)C(=O)Nc1ccccc1C(N)=O. The molecule has 3 rings (SSSR count). The van der Waals surface area contributed by atoms with Crippen molar-refractivity contribution in [3.05, 3.63) is 64.4 Å². The standard InChI is InChI=1S/C18H16N4O3S/c1-10(16(24)20-13-8-4-2-6-11(13)15(19)23)26-18-21-14-9-5-3-7-12(14)17(25)22-18/h2-10H,1H3,(H2,19,23)(H,20,24)(H,21,22,25)/t10-/m1/s1. The van der Waals surface area contributed by atoms with Crippen LogP contribution in [0.2, 0.25) is 0 Å². The fourth-order valence-electron chi connectivity index (χ4n) is 2.38. The highest BCUT2D eigenvalue weighted by Crippen LogP contribution is 2.22. The van der Waals surface area contributed by atoms with E-state index in [1.807, 2.05) is 0 Å². The van der Waals surface area contributed by atoms with Gasteiger partial charge in [0, 0.05) is 0 Å². The summed E-state index contributed by atoms with van der Waals surface area (Å²) in [6, 6.07) is 13.5. The minimum atomic E-state index is -0.623. The second-order valence-corrected chi connectivity index (χ2v) is 6.88. The van der Waals surface area contributed by atoms with Gasteiger partial charge in [0.15, 0.2) is 5.16 Å². The molecule has 2 amide bonds. The number of carbonyl (C=O) groups excluding carboxylic acids is 2. The second-order valence-electron chi connectivity index (χ2n) is 5.55. The molecule has 0 saturated carbocycles. The predicted molar refractivity (Wildman–Crippen MR) is 101 cm³/mol. The Labute approximate surface area is 153 Å². The summed E-state index contributed by atoms with van der Waals surface area (Å²) in [6.07, 6.45) is 0. The van der Waals surface area contributed by atoms with Crippen LogP contribution < -0.4 is 16.6 Å². The molecule has 0 aliphatic heterocycles. The lowest BCUT2D eigenvalue weighted by Crippen LogP contribution is -2.25. The molecule has 2 aromatic carbocycles. The highest BCUT2D eigenvalue weighted by molar-refractivity contribution is 8.00. The van der Waals surface area contributed by atoms with Crippen LogP contribution in [0.5, 0.6) is 0 Å². The zero-order valence-electron chi connectivity index (χ0n) is 13.9. The molecule has 0 radical (unpaired) electrons. The lowest BCUT2D eigenvalue weighted by atomic mass is 10.1. The Morgan fingerprint density at radius 2 is 1.85 bits per heavy atom. The molecule has 0 unspecified atom stereocenters. The van der Waals surface area contributed by atoms with E-state index in [1.54, 1.807) is 49.4 Å². The molecule has 0 saturated heterocycles. The number of nitrogens with one attached hydrogen (secondary N) is 2. The van der Waals surface area contributed by atoms with E-state index < -0.39 is 11.2 Å². The normalized spacial score (nSPS) is 11.9. The Balaban J connectivity index is 1.78. The van der Waals surface area contributed by atoms with E-state index in [9.17, 15) is 14.4 Å². The lowest BCUT2D eigenvalue weighted by molar-refractivity contribution is -0.115. The third-order valence-corrected chi connectivity index (χ3v) is 4.68. The maximum atomic E-state index is 12.4. The highest BCUT2D eigenvalue weighted by Gasteiger charge is 2.18. The van der Waals surface area contributed by atoms with Crippen LogP contribution in [0.15, 0.2) is 58.5 Å². The zero-order chi connectivity index (χ0) is 18.7. The maximum absolute atomic E-state index is 12.4. The Morgan fingerprint density at radius 1 is 1.15 bits per heavy atom. The average molecular weight is 368 g/mol. The van der Waals surface area contributed by atoms with E-state index in [1.165, 1.54) is 6.07 Å². The van der Waals surface area contributed by atoms with Gasteiger partial charge in [0.25, 0.3) is 11.5 Å². The van der Waals surface area contributed by atoms with Crippen molar-refractivity contribution >= 4 is 40.2 Å². The Bertz CT molecular complexity index is 1050. The van der Waals surface area contributed by atoms with Crippen LogP contribution in [0.1, 0.15) is 17.3 Å². The molecule has 132 valence electrons. The number of carbonyl (C=O) groups is 2. The average Bonchev–Trinajstić information content (AvgIpc) is 2.62. The first-order chi connectivity index (χ1) is 12.5. The maximum Gasteiger partial charge on any atom is 0.259 e. The number of para-hydroxylation sites is 2. The van der Waals surface area contributed by atoms with Gasteiger partial charge in [-0.3, -0.25) is 14.4 Å². The van der Waals surface area contributed by atoms with Crippen LogP contribution in [0.3, 0.4) is 0 Å². The number of fused-ring (bicyclic) bond motifs is 1. The van der Waals surface area contributed by atoms with E-state index in [-0.39, 0.29) is 17.0 Å². The van der Waals surface area contributed by atoms with E-state index in [2.05, 4.69) is 15.3 Å². The van der Waals surface area contributed by atoms with Crippen molar-refractivity contribution in [2.75, 3.05) is 5.32 Å². The minimum absolute atomic E-state index is 0.232. The smallest absolute Gasteiger partial charge is 0.259 e. The van der Waals surface area contributed by atoms with Crippen LogP contribution >= 0.6 is 11.8 Å². The number of aromatic amines is 1. The van der Waals surface area contributed by atoms with Crippen molar-refractivity contribution in [3.8, 4) is 0 Å². The lowest BCUT2D eigenvalue weighted by Gasteiger charge is -2.13. The molecule has 0 spiro atoms. The van der Waals surface area contributed by atoms with Crippen LogP contribution in [0, 0.1) is 0 Å². The van der Waals surface area contributed by atoms with Crippen molar-refractivity contribution in [2.24, 2.45) is 5.73 Å². The van der Waals surface area contributed by atoms with Gasteiger partial charge in [0.2, 0.25) is 5.91 Å². The topological polar surface area (TPSA) is 118 Å². The summed E-state index contributed by atoms with van der Waals surface area (Å²) >= 11 is 1.12. The molecule has 1 heterocycles. The Kier molecular flexibility index (Phi) is 5.04. The van der Waals surface area contributed by atoms with Crippen molar-refractivity contribution in [1.29, 1.82) is 0 Å². The minimum Gasteiger partial charge on any atom is -0.366 e. The Morgan fingerprint density at radius 3 is 2.62 bits per heavy atom. The summed E-state index contributed by atoms with van der Waals surface area (Å²) in [5, 5.41) is 2.96. The number of amides is 2. The molecular weight excluding hydrogens is 352 g/mol. The molecule has 0 bridgehead atoms. The van der Waals surface area contributed by atoms with Gasteiger partial charge in [0.05, 0.1) is 27.4 Å². The van der Waals surface area contributed by atoms with E-state index in [4.69, 9.17) is 5.73 Å². The van der Waals surface area contributed by atoms with Gasteiger partial charge in [-0.15, -0.1) is 0 Å². The van der Waals surface area contributed by atoms with Gasteiger partial charge in [-0.25, -0.2) is 4.98 Å². The van der Waals surface area contributed by atoms with Crippen molar-refractivity contribution in [2.45, 2.75) is 17.3 Å². The van der Waals surface area contributed by atoms with Crippen molar-refractivity contribution in [3.63, 3.8) is 0 Å². The largest absolute Gasteiger partial charge is 0.366 e. The Hall–Kier alpha value is -3.13. The highest BCUT2D eigenvalue weighted by atomic mass is 32.2. The van der Waals surface area contributed by atoms with Crippen LogP contribution in [-0.2, 0) is 4.79 Å². The van der Waals surface area contributed by atoms with Crippen molar-refractivity contribution in [1.82, 2.24) is 9.97 Å². The quantitative estimate of drug-likeness (QED) is 0.471. The molecule has 4 N–H and O–H groups in total. The van der Waals surface area contributed by atoms with Crippen LogP contribution in [-0.4, -0.2) is 27.0 Å². The van der Waals surface area contributed by atoms with Crippen LogP contribution in [0.4, 0.5) is 5.69 Å². The van der Waals surface area contributed by atoms with Gasteiger partial charge >= 0.3 is 0 Å². The number of thioether (sulfide) groups is 1. The molecule has 0 aliphatic carbocycles. The summed E-state index contributed by atoms with van der Waals surface area (Å²) < 4.78 is 0. The summed E-state index contributed by atoms with van der Waals surface area (Å²) in [4.78, 5) is 43.0. The number of rotatable bonds is 5. The number of nitrogens with zero attached hydrogens (tertiary/aromatic N) is 1. The van der Waals surface area contributed by atoms with Crippen molar-refractivity contribution < 1.29 is 9.59 Å². The third kappa shape index (κ3) is 3.75. The van der Waals surface area contributed by atoms with Gasteiger partial charge in [-0.05, 0) is 31.2 Å². The second kappa shape index (κ2) is 7.40. The van der Waals surface area contributed by atoms with Gasteiger partial charge in [-0.1, -0.05) is 36.0 Å². The number of benzene rings is 2. The summed E-state index contributed by atoms with van der Waals surface area (Å²) in [5.41, 5.74) is 6.19. The fourth-order valence-corrected chi connectivity index (χ4v) is 3.19. The summed E-state index contributed by atoms with van der Waals surface area (Å²) in [7, 11) is 0. The predicted octanol–water partition coefficient (Wildman–Crippen LogP) is 2.14. The number of hydrogen-bond acceptors (Lipinski definition) is 5. The van der Waals surface area contributed by atoms with Gasteiger partial charge in [0.1, 0.15) is 0 Å². The van der Waals surface area contributed by atoms with Gasteiger partial charge in [-0.2, -0.15) is 0 Å². The van der Waals surface area contributed by atoms with E-state index >= 15 is 0 Å². The summed E-state index contributed by atoms with van der Waals surface area (Å²) in [6.45, 7) is 1.68. The van der Waals surface area contributed by atoms with Crippen LogP contribution in [0.25, 0.3) is 10.9 Å². The van der Waals surface area contributed by atoms with E-state index in [0.717, 1.165) is 11.8 Å². The molecule has 1 aromatic heterocycles. The molecule has 3 aromatic rings. The van der Waals surface area contributed by atoms with Gasteiger partial charge < -0.3 is 16.0 Å². The number of hydrogen-bond donors (Lipinski definition) is 3. The molecule has 0 fully saturated rings. The first kappa shape index (κ1) is 17.7. The zero-order valence-corrected chi connectivity index (χ0v) is 14.7. The molecule has 1 atom stereocenters. The molecule has 8 heteroatoms. The number of anilines is 1. The first-order valence-corrected chi connectivity index (χ1v) is 8.69. The number of H-pyrrole nitrogens is 1. The molecule has 26 heavy (non-hydrogen) atoms. The molecule has 7 nitrogen and oxygen atoms in total. The fraction of sp³-hybridized carbons (Fsp3) is 0.111. The number of aromatic nitrogens is 2. The first-order valence-electron chi connectivity index (χ1n) is 7.81. The van der Waals surface area contributed by atoms with E-state index in [0.29, 0.717) is 21.7 Å². The number of nitrogens with two attached hydrogens (primary N) is 1. The number of primary amides is 1. The molecular formula is C18H16N4O3S. The summed E-state index contributed by atoms with van der Waals surface area (Å²) in [5.74, 6) is -0.957. The molecule has 0 aliphatic rings. The monoisotopic (exact) mass is 368 g/mol. The third-order valence-electron chi connectivity index (χ3n) is 3.70.